The lowest BCUT2D eigenvalue weighted by molar-refractivity contribution is -0.131. The normalized spacial score (nSPS) is 25.8. The second-order valence-corrected chi connectivity index (χ2v) is 7.44. The Kier molecular flexibility index (Phi) is 4.56. The molecule has 1 aromatic carbocycles. The van der Waals surface area contributed by atoms with Gasteiger partial charge >= 0.3 is 6.03 Å². The van der Waals surface area contributed by atoms with Gasteiger partial charge in [0.15, 0.2) is 0 Å². The number of benzene rings is 1. The number of hydrogen-bond donors (Lipinski definition) is 1. The highest BCUT2D eigenvalue weighted by Gasteiger charge is 2.50. The maximum atomic E-state index is 12.9. The monoisotopic (exact) mass is 354 g/mol. The summed E-state index contributed by atoms with van der Waals surface area (Å²) in [5.74, 6) is 0.166. The van der Waals surface area contributed by atoms with Crippen molar-refractivity contribution in [3.05, 3.63) is 33.8 Å². The van der Waals surface area contributed by atoms with E-state index < -0.39 is 5.54 Å². The van der Waals surface area contributed by atoms with Crippen LogP contribution in [0.3, 0.4) is 0 Å². The van der Waals surface area contributed by atoms with E-state index in [4.69, 9.17) is 23.2 Å². The first-order valence-corrected chi connectivity index (χ1v) is 8.77. The van der Waals surface area contributed by atoms with Crippen molar-refractivity contribution in [2.75, 3.05) is 6.54 Å². The fourth-order valence-electron chi connectivity index (χ4n) is 3.57. The Labute approximate surface area is 146 Å². The molecule has 23 heavy (non-hydrogen) atoms. The zero-order chi connectivity index (χ0) is 16.6. The summed E-state index contributed by atoms with van der Waals surface area (Å²) in [6.45, 7) is 2.19. The fraction of sp³-hybridized carbons (Fsp3) is 0.529. The number of halogens is 2. The van der Waals surface area contributed by atoms with E-state index >= 15 is 0 Å². The SMILES string of the molecule is C[C@@]1(c2ccc(Cl)cc2Cl)NC(=O)N(CC2CCCCC2)C1=O. The zero-order valence-corrected chi connectivity index (χ0v) is 14.6. The summed E-state index contributed by atoms with van der Waals surface area (Å²) in [5.41, 5.74) is -0.555. The fourth-order valence-corrected chi connectivity index (χ4v) is 4.17. The summed E-state index contributed by atoms with van der Waals surface area (Å²) in [4.78, 5) is 26.6. The number of nitrogens with zero attached hydrogens (tertiary/aromatic N) is 1. The van der Waals surface area contributed by atoms with Crippen molar-refractivity contribution in [2.45, 2.75) is 44.6 Å². The highest BCUT2D eigenvalue weighted by Crippen LogP contribution is 2.36. The van der Waals surface area contributed by atoms with Crippen LogP contribution in [-0.4, -0.2) is 23.4 Å². The van der Waals surface area contributed by atoms with Crippen LogP contribution < -0.4 is 5.32 Å². The standard InChI is InChI=1S/C17H20Cl2N2O2/c1-17(13-8-7-12(18)9-14(13)19)15(22)21(16(23)20-17)10-11-5-3-2-4-6-11/h7-9,11H,2-6,10H2,1H3,(H,20,23)/t17-/m0/s1. The van der Waals surface area contributed by atoms with Gasteiger partial charge < -0.3 is 5.32 Å². The van der Waals surface area contributed by atoms with Crippen LogP contribution in [0.4, 0.5) is 4.79 Å². The molecule has 2 fully saturated rings. The second kappa shape index (κ2) is 6.33. The van der Waals surface area contributed by atoms with E-state index in [9.17, 15) is 9.59 Å². The maximum absolute atomic E-state index is 12.9. The molecule has 1 saturated carbocycles. The van der Waals surface area contributed by atoms with Crippen LogP contribution >= 0.6 is 23.2 Å². The maximum Gasteiger partial charge on any atom is 0.325 e. The molecule has 2 aliphatic rings. The van der Waals surface area contributed by atoms with E-state index in [-0.39, 0.29) is 11.9 Å². The topological polar surface area (TPSA) is 49.4 Å². The van der Waals surface area contributed by atoms with Gasteiger partial charge in [-0.05, 0) is 37.8 Å². The van der Waals surface area contributed by atoms with Gasteiger partial charge in [0, 0.05) is 22.2 Å². The highest BCUT2D eigenvalue weighted by atomic mass is 35.5. The minimum Gasteiger partial charge on any atom is -0.319 e. The Balaban J connectivity index is 1.84. The van der Waals surface area contributed by atoms with E-state index in [0.29, 0.717) is 28.1 Å². The third-order valence-electron chi connectivity index (χ3n) is 4.91. The van der Waals surface area contributed by atoms with Crippen molar-refractivity contribution in [1.82, 2.24) is 10.2 Å². The van der Waals surface area contributed by atoms with E-state index in [1.807, 2.05) is 0 Å². The molecule has 0 spiro atoms. The summed E-state index contributed by atoms with van der Waals surface area (Å²) in [6, 6.07) is 4.63. The van der Waals surface area contributed by atoms with Gasteiger partial charge in [0.25, 0.3) is 5.91 Å². The third kappa shape index (κ3) is 3.07. The summed E-state index contributed by atoms with van der Waals surface area (Å²) in [6.07, 6.45) is 5.75. The van der Waals surface area contributed by atoms with Gasteiger partial charge in [0.05, 0.1) is 0 Å². The van der Waals surface area contributed by atoms with Crippen molar-refractivity contribution in [3.63, 3.8) is 0 Å². The number of amides is 3. The lowest BCUT2D eigenvalue weighted by atomic mass is 9.88. The molecular formula is C17H20Cl2N2O2. The molecule has 1 aliphatic carbocycles. The number of carbonyl (C=O) groups is 2. The van der Waals surface area contributed by atoms with Crippen LogP contribution in [0.5, 0.6) is 0 Å². The van der Waals surface area contributed by atoms with Gasteiger partial charge in [-0.15, -0.1) is 0 Å². The van der Waals surface area contributed by atoms with Gasteiger partial charge in [0.2, 0.25) is 0 Å². The minimum atomic E-state index is -1.13. The average Bonchev–Trinajstić information content (AvgIpc) is 2.72. The Bertz CT molecular complexity index is 643. The van der Waals surface area contributed by atoms with E-state index in [1.165, 1.54) is 24.2 Å². The molecule has 0 radical (unpaired) electrons. The Morgan fingerprint density at radius 2 is 1.91 bits per heavy atom. The molecule has 0 bridgehead atoms. The van der Waals surface area contributed by atoms with Crippen molar-refractivity contribution in [1.29, 1.82) is 0 Å². The van der Waals surface area contributed by atoms with Crippen LogP contribution in [0.1, 0.15) is 44.6 Å². The van der Waals surface area contributed by atoms with Crippen molar-refractivity contribution in [3.8, 4) is 0 Å². The van der Waals surface area contributed by atoms with E-state index in [1.54, 1.807) is 25.1 Å². The molecule has 1 aromatic rings. The smallest absolute Gasteiger partial charge is 0.319 e. The molecule has 4 nitrogen and oxygen atoms in total. The van der Waals surface area contributed by atoms with Crippen LogP contribution in [-0.2, 0) is 10.3 Å². The number of nitrogens with one attached hydrogen (secondary N) is 1. The molecule has 1 saturated heterocycles. The predicted octanol–water partition coefficient (Wildman–Crippen LogP) is 4.34. The van der Waals surface area contributed by atoms with Gasteiger partial charge in [0.1, 0.15) is 5.54 Å². The largest absolute Gasteiger partial charge is 0.325 e. The minimum absolute atomic E-state index is 0.239. The molecule has 1 atom stereocenters. The molecule has 6 heteroatoms. The molecule has 3 rings (SSSR count). The Morgan fingerprint density at radius 1 is 1.22 bits per heavy atom. The van der Waals surface area contributed by atoms with Gasteiger partial charge in [-0.2, -0.15) is 0 Å². The second-order valence-electron chi connectivity index (χ2n) is 6.60. The molecule has 3 amide bonds. The first-order valence-electron chi connectivity index (χ1n) is 8.01. The lowest BCUT2D eigenvalue weighted by Gasteiger charge is -2.27. The quantitative estimate of drug-likeness (QED) is 0.820. The number of imide groups is 1. The van der Waals surface area contributed by atoms with Gasteiger partial charge in [-0.25, -0.2) is 4.79 Å². The molecule has 124 valence electrons. The molecular weight excluding hydrogens is 335 g/mol. The summed E-state index contributed by atoms with van der Waals surface area (Å²) < 4.78 is 0. The number of rotatable bonds is 3. The molecule has 1 N–H and O–H groups in total. The average molecular weight is 355 g/mol. The van der Waals surface area contributed by atoms with Gasteiger partial charge in [-0.1, -0.05) is 48.5 Å². The molecule has 1 heterocycles. The van der Waals surface area contributed by atoms with Gasteiger partial charge in [-0.3, -0.25) is 9.69 Å². The third-order valence-corrected chi connectivity index (χ3v) is 5.46. The zero-order valence-electron chi connectivity index (χ0n) is 13.1. The predicted molar refractivity (Wildman–Crippen MR) is 90.6 cm³/mol. The van der Waals surface area contributed by atoms with Crippen molar-refractivity contribution >= 4 is 35.1 Å². The highest BCUT2D eigenvalue weighted by molar-refractivity contribution is 6.35. The first-order chi connectivity index (χ1) is 10.9. The summed E-state index contributed by atoms with van der Waals surface area (Å²) in [5, 5.41) is 3.69. The summed E-state index contributed by atoms with van der Waals surface area (Å²) in [7, 11) is 0. The number of urea groups is 1. The number of hydrogen-bond acceptors (Lipinski definition) is 2. The van der Waals surface area contributed by atoms with Crippen LogP contribution in [0.15, 0.2) is 18.2 Å². The van der Waals surface area contributed by atoms with E-state index in [0.717, 1.165) is 12.8 Å². The van der Waals surface area contributed by atoms with Crippen LogP contribution in [0.25, 0.3) is 0 Å². The molecule has 0 aromatic heterocycles. The Hall–Kier alpha value is -1.26. The lowest BCUT2D eigenvalue weighted by Crippen LogP contribution is -2.41. The van der Waals surface area contributed by atoms with Crippen LogP contribution in [0.2, 0.25) is 10.0 Å². The first kappa shape index (κ1) is 16.6. The number of carbonyl (C=O) groups excluding carboxylic acids is 2. The summed E-state index contributed by atoms with van der Waals surface area (Å²) >= 11 is 12.2. The van der Waals surface area contributed by atoms with E-state index in [2.05, 4.69) is 5.32 Å². The molecule has 1 aliphatic heterocycles. The van der Waals surface area contributed by atoms with Crippen molar-refractivity contribution in [2.24, 2.45) is 5.92 Å². The van der Waals surface area contributed by atoms with Crippen LogP contribution in [0, 0.1) is 5.92 Å². The van der Waals surface area contributed by atoms with Crippen molar-refractivity contribution < 1.29 is 9.59 Å². The molecule has 0 unspecified atom stereocenters. The Morgan fingerprint density at radius 3 is 2.57 bits per heavy atom.